The third-order valence-electron chi connectivity index (χ3n) is 9.93. The van der Waals surface area contributed by atoms with Gasteiger partial charge in [-0.1, -0.05) is 146 Å². The van der Waals surface area contributed by atoms with Crippen molar-refractivity contribution in [2.24, 2.45) is 0 Å². The standard InChI is InChI=1S/C46H28N2/c1-2-8-29(9-3-1)35-22-25-40-41(28-35)45(46-47-26-7-27-48-46)38-13-5-4-12-37(38)43(40)33-16-14-30(15-17-33)36-23-20-34-19-18-31-10-6-11-32-21-24-39(36)44(34)42(31)32/h1-28H. The molecule has 0 bridgehead atoms. The Morgan fingerprint density at radius 2 is 0.896 bits per heavy atom. The van der Waals surface area contributed by atoms with E-state index in [0.717, 1.165) is 22.2 Å². The van der Waals surface area contributed by atoms with Crippen LogP contribution in [-0.4, -0.2) is 9.97 Å². The minimum absolute atomic E-state index is 0.736. The first-order valence-electron chi connectivity index (χ1n) is 16.4. The molecule has 0 aliphatic heterocycles. The Kier molecular flexibility index (Phi) is 5.91. The first-order valence-corrected chi connectivity index (χ1v) is 16.4. The van der Waals surface area contributed by atoms with Crippen LogP contribution in [0.5, 0.6) is 0 Å². The van der Waals surface area contributed by atoms with Gasteiger partial charge >= 0.3 is 0 Å². The fourth-order valence-corrected chi connectivity index (χ4v) is 7.77. The number of hydrogen-bond donors (Lipinski definition) is 0. The molecule has 0 atom stereocenters. The van der Waals surface area contributed by atoms with Gasteiger partial charge in [0.2, 0.25) is 0 Å². The smallest absolute Gasteiger partial charge is 0.160 e. The van der Waals surface area contributed by atoms with Crippen LogP contribution in [0.1, 0.15) is 0 Å². The Morgan fingerprint density at radius 1 is 0.312 bits per heavy atom. The quantitative estimate of drug-likeness (QED) is 0.147. The van der Waals surface area contributed by atoms with Gasteiger partial charge in [-0.15, -0.1) is 0 Å². The molecule has 222 valence electrons. The molecule has 0 radical (unpaired) electrons. The fraction of sp³-hybridized carbons (Fsp3) is 0. The highest BCUT2D eigenvalue weighted by Crippen LogP contribution is 2.45. The van der Waals surface area contributed by atoms with Gasteiger partial charge in [-0.3, -0.25) is 0 Å². The molecule has 0 amide bonds. The number of fused-ring (bicyclic) bond motifs is 2. The van der Waals surface area contributed by atoms with Gasteiger partial charge in [0.15, 0.2) is 5.82 Å². The zero-order chi connectivity index (χ0) is 31.6. The van der Waals surface area contributed by atoms with Crippen molar-refractivity contribution < 1.29 is 0 Å². The number of rotatable bonds is 4. The molecule has 0 N–H and O–H groups in total. The molecule has 48 heavy (non-hydrogen) atoms. The van der Waals surface area contributed by atoms with Gasteiger partial charge in [-0.05, 0) is 99.4 Å². The van der Waals surface area contributed by atoms with Crippen molar-refractivity contribution in [1.82, 2.24) is 9.97 Å². The summed E-state index contributed by atoms with van der Waals surface area (Å²) in [5, 5.41) is 12.5. The summed E-state index contributed by atoms with van der Waals surface area (Å²) < 4.78 is 0. The second-order valence-electron chi connectivity index (χ2n) is 12.5. The topological polar surface area (TPSA) is 25.8 Å². The molecule has 9 aromatic carbocycles. The molecule has 0 unspecified atom stereocenters. The average molecular weight is 609 g/mol. The van der Waals surface area contributed by atoms with E-state index in [1.807, 2.05) is 18.5 Å². The van der Waals surface area contributed by atoms with Crippen molar-refractivity contribution in [3.8, 4) is 44.8 Å². The Bertz CT molecular complexity index is 2790. The second kappa shape index (κ2) is 10.6. The van der Waals surface area contributed by atoms with Crippen LogP contribution in [0.2, 0.25) is 0 Å². The summed E-state index contributed by atoms with van der Waals surface area (Å²) in [7, 11) is 0. The molecule has 0 aliphatic rings. The van der Waals surface area contributed by atoms with Crippen molar-refractivity contribution in [2.75, 3.05) is 0 Å². The predicted octanol–water partition coefficient (Wildman–Crippen LogP) is 12.3. The summed E-state index contributed by atoms with van der Waals surface area (Å²) in [5.74, 6) is 0.736. The molecule has 1 heterocycles. The molecule has 0 fully saturated rings. The lowest BCUT2D eigenvalue weighted by Crippen LogP contribution is -1.94. The van der Waals surface area contributed by atoms with Crippen molar-refractivity contribution in [1.29, 1.82) is 0 Å². The maximum atomic E-state index is 4.74. The van der Waals surface area contributed by atoms with Gasteiger partial charge < -0.3 is 0 Å². The number of aromatic nitrogens is 2. The molecule has 10 rings (SSSR count). The lowest BCUT2D eigenvalue weighted by Gasteiger charge is -2.18. The van der Waals surface area contributed by atoms with E-state index in [4.69, 9.17) is 9.97 Å². The molecule has 2 nitrogen and oxygen atoms in total. The van der Waals surface area contributed by atoms with Crippen LogP contribution in [0, 0.1) is 0 Å². The van der Waals surface area contributed by atoms with Crippen LogP contribution in [0.15, 0.2) is 170 Å². The molecule has 0 spiro atoms. The SMILES string of the molecule is c1ccc(-c2ccc3c(-c4ccc(-c5ccc6ccc7cccc8ccc5c6c78)cc4)c4ccccc4c(-c4ncccn4)c3c2)cc1. The molecule has 0 saturated carbocycles. The van der Waals surface area contributed by atoms with Crippen LogP contribution in [0.4, 0.5) is 0 Å². The van der Waals surface area contributed by atoms with Gasteiger partial charge in [0.25, 0.3) is 0 Å². The second-order valence-corrected chi connectivity index (χ2v) is 12.5. The molecular formula is C46H28N2. The van der Waals surface area contributed by atoms with Crippen molar-refractivity contribution in [3.05, 3.63) is 170 Å². The lowest BCUT2D eigenvalue weighted by molar-refractivity contribution is 1.18. The third-order valence-corrected chi connectivity index (χ3v) is 9.93. The first-order chi connectivity index (χ1) is 23.8. The maximum absolute atomic E-state index is 4.74. The molecular weight excluding hydrogens is 581 g/mol. The third kappa shape index (κ3) is 4.06. The van der Waals surface area contributed by atoms with Crippen molar-refractivity contribution in [2.45, 2.75) is 0 Å². The predicted molar refractivity (Wildman–Crippen MR) is 202 cm³/mol. The van der Waals surface area contributed by atoms with E-state index >= 15 is 0 Å². The van der Waals surface area contributed by atoms with Crippen LogP contribution in [0.25, 0.3) is 98.6 Å². The average Bonchev–Trinajstić information content (AvgIpc) is 3.16. The number of nitrogens with zero attached hydrogens (tertiary/aromatic N) is 2. The molecule has 0 aliphatic carbocycles. The zero-order valence-electron chi connectivity index (χ0n) is 26.1. The lowest BCUT2D eigenvalue weighted by atomic mass is 9.86. The van der Waals surface area contributed by atoms with E-state index in [1.54, 1.807) is 0 Å². The number of hydrogen-bond acceptors (Lipinski definition) is 2. The van der Waals surface area contributed by atoms with Gasteiger partial charge in [0.1, 0.15) is 0 Å². The largest absolute Gasteiger partial charge is 0.237 e. The van der Waals surface area contributed by atoms with E-state index < -0.39 is 0 Å². The highest BCUT2D eigenvalue weighted by molar-refractivity contribution is 6.26. The van der Waals surface area contributed by atoms with Crippen LogP contribution >= 0.6 is 0 Å². The molecule has 0 saturated heterocycles. The van der Waals surface area contributed by atoms with E-state index in [2.05, 4.69) is 152 Å². The summed E-state index contributed by atoms with van der Waals surface area (Å²) in [4.78, 5) is 9.49. The van der Waals surface area contributed by atoms with Gasteiger partial charge in [0.05, 0.1) is 0 Å². The molecule has 10 aromatic rings. The van der Waals surface area contributed by atoms with Crippen molar-refractivity contribution in [3.63, 3.8) is 0 Å². The van der Waals surface area contributed by atoms with Crippen LogP contribution in [0.3, 0.4) is 0 Å². The maximum Gasteiger partial charge on any atom is 0.160 e. The summed E-state index contributed by atoms with van der Waals surface area (Å²) in [5.41, 5.74) is 8.30. The minimum Gasteiger partial charge on any atom is -0.237 e. The summed E-state index contributed by atoms with van der Waals surface area (Å²) in [6.45, 7) is 0. The monoisotopic (exact) mass is 608 g/mol. The van der Waals surface area contributed by atoms with Gasteiger partial charge in [0, 0.05) is 18.0 Å². The van der Waals surface area contributed by atoms with Gasteiger partial charge in [-0.25, -0.2) is 9.97 Å². The summed E-state index contributed by atoms with van der Waals surface area (Å²) in [6, 6.07) is 57.3. The Balaban J connectivity index is 1.20. The van der Waals surface area contributed by atoms with Gasteiger partial charge in [-0.2, -0.15) is 0 Å². The fourth-order valence-electron chi connectivity index (χ4n) is 7.77. The Hall–Kier alpha value is -6.38. The summed E-state index contributed by atoms with van der Waals surface area (Å²) >= 11 is 0. The van der Waals surface area contributed by atoms with E-state index in [1.165, 1.54) is 76.5 Å². The highest BCUT2D eigenvalue weighted by atomic mass is 14.9. The first kappa shape index (κ1) is 26.8. The van der Waals surface area contributed by atoms with E-state index in [9.17, 15) is 0 Å². The van der Waals surface area contributed by atoms with Crippen LogP contribution < -0.4 is 0 Å². The molecule has 2 heteroatoms. The normalized spacial score (nSPS) is 11.8. The Labute approximate surface area is 277 Å². The highest BCUT2D eigenvalue weighted by Gasteiger charge is 2.19. The zero-order valence-corrected chi connectivity index (χ0v) is 26.1. The van der Waals surface area contributed by atoms with Crippen molar-refractivity contribution >= 4 is 53.9 Å². The Morgan fingerprint density at radius 3 is 1.67 bits per heavy atom. The number of benzene rings is 9. The van der Waals surface area contributed by atoms with E-state index in [-0.39, 0.29) is 0 Å². The van der Waals surface area contributed by atoms with Crippen LogP contribution in [-0.2, 0) is 0 Å². The summed E-state index contributed by atoms with van der Waals surface area (Å²) in [6.07, 6.45) is 3.66. The minimum atomic E-state index is 0.736. The molecule has 1 aromatic heterocycles. The van der Waals surface area contributed by atoms with E-state index in [0.29, 0.717) is 0 Å².